The van der Waals surface area contributed by atoms with Crippen molar-refractivity contribution in [2.45, 2.75) is 45.3 Å². The van der Waals surface area contributed by atoms with Crippen LogP contribution >= 0.6 is 15.9 Å². The molecule has 1 N–H and O–H groups in total. The maximum absolute atomic E-state index is 12.8. The molecule has 0 radical (unpaired) electrons. The number of halogens is 1. The minimum atomic E-state index is -0.938. The van der Waals surface area contributed by atoms with Crippen molar-refractivity contribution in [1.29, 1.82) is 0 Å². The first kappa shape index (κ1) is 22.0. The van der Waals surface area contributed by atoms with Crippen LogP contribution in [0.15, 0.2) is 59.1 Å². The lowest BCUT2D eigenvalue weighted by Crippen LogP contribution is -2.48. The standard InChI is InChI=1S/C22H26BrNO4/c1-5-27-20(25)19(24-21(26)28-22(2,3)4)18(15-10-7-6-8-11-15)16-12-9-13-17(23)14-16/h6-14,18-19H,5H2,1-4H3,(H,24,26). The summed E-state index contributed by atoms with van der Waals surface area (Å²) in [6.07, 6.45) is -0.665. The summed E-state index contributed by atoms with van der Waals surface area (Å²) in [6, 6.07) is 16.3. The molecule has 0 saturated heterocycles. The summed E-state index contributed by atoms with van der Waals surface area (Å²) >= 11 is 3.48. The summed E-state index contributed by atoms with van der Waals surface area (Å²) in [5.74, 6) is -0.951. The first-order valence-electron chi connectivity index (χ1n) is 9.18. The molecule has 28 heavy (non-hydrogen) atoms. The summed E-state index contributed by atoms with van der Waals surface area (Å²) in [6.45, 7) is 7.27. The van der Waals surface area contributed by atoms with Crippen LogP contribution in [0, 0.1) is 0 Å². The van der Waals surface area contributed by atoms with Gasteiger partial charge in [0.2, 0.25) is 0 Å². The maximum Gasteiger partial charge on any atom is 0.408 e. The van der Waals surface area contributed by atoms with Crippen molar-refractivity contribution in [1.82, 2.24) is 5.32 Å². The SMILES string of the molecule is CCOC(=O)C(NC(=O)OC(C)(C)C)C(c1ccccc1)c1cccc(Br)c1. The molecule has 2 aromatic carbocycles. The Labute approximate surface area is 174 Å². The normalized spacial score (nSPS) is 13.3. The zero-order valence-corrected chi connectivity index (χ0v) is 18.2. The molecule has 0 fully saturated rings. The van der Waals surface area contributed by atoms with Gasteiger partial charge >= 0.3 is 12.1 Å². The predicted octanol–water partition coefficient (Wildman–Crippen LogP) is 5.04. The van der Waals surface area contributed by atoms with E-state index in [1.807, 2.05) is 54.6 Å². The summed E-state index contributed by atoms with van der Waals surface area (Å²) in [5, 5.41) is 2.72. The molecule has 0 aliphatic carbocycles. The Morgan fingerprint density at radius 1 is 1.04 bits per heavy atom. The Hall–Kier alpha value is -2.34. The molecule has 1 amide bonds. The number of rotatable bonds is 6. The highest BCUT2D eigenvalue weighted by Gasteiger charge is 2.35. The minimum absolute atomic E-state index is 0.214. The number of nitrogens with one attached hydrogen (secondary N) is 1. The van der Waals surface area contributed by atoms with Crippen molar-refractivity contribution < 1.29 is 19.1 Å². The summed E-state index contributed by atoms with van der Waals surface area (Å²) < 4.78 is 11.5. The summed E-state index contributed by atoms with van der Waals surface area (Å²) in [7, 11) is 0. The summed E-state index contributed by atoms with van der Waals surface area (Å²) in [5.41, 5.74) is 1.07. The lowest BCUT2D eigenvalue weighted by molar-refractivity contribution is -0.146. The molecule has 0 spiro atoms. The van der Waals surface area contributed by atoms with Crippen molar-refractivity contribution in [3.05, 3.63) is 70.2 Å². The van der Waals surface area contributed by atoms with Crippen molar-refractivity contribution >= 4 is 28.0 Å². The van der Waals surface area contributed by atoms with Crippen LogP contribution in [0.4, 0.5) is 4.79 Å². The smallest absolute Gasteiger partial charge is 0.408 e. The molecule has 0 heterocycles. The average Bonchev–Trinajstić information content (AvgIpc) is 2.61. The summed E-state index contributed by atoms with van der Waals surface area (Å²) in [4.78, 5) is 25.3. The van der Waals surface area contributed by atoms with E-state index in [2.05, 4.69) is 21.2 Å². The monoisotopic (exact) mass is 447 g/mol. The fourth-order valence-corrected chi connectivity index (χ4v) is 3.30. The van der Waals surface area contributed by atoms with Gasteiger partial charge in [-0.05, 0) is 51.0 Å². The average molecular weight is 448 g/mol. The molecule has 5 nitrogen and oxygen atoms in total. The molecule has 2 atom stereocenters. The van der Waals surface area contributed by atoms with Crippen LogP contribution in [0.1, 0.15) is 44.7 Å². The molecule has 2 rings (SSSR count). The number of ether oxygens (including phenoxy) is 2. The highest BCUT2D eigenvalue weighted by molar-refractivity contribution is 9.10. The van der Waals surface area contributed by atoms with Crippen LogP contribution in [0.2, 0.25) is 0 Å². The van der Waals surface area contributed by atoms with Crippen LogP contribution in [0.5, 0.6) is 0 Å². The van der Waals surface area contributed by atoms with Crippen LogP contribution in [0.3, 0.4) is 0 Å². The molecule has 0 aliphatic rings. The van der Waals surface area contributed by atoms with Crippen molar-refractivity contribution in [3.63, 3.8) is 0 Å². The van der Waals surface area contributed by atoms with E-state index in [1.165, 1.54) is 0 Å². The van der Waals surface area contributed by atoms with E-state index in [4.69, 9.17) is 9.47 Å². The van der Waals surface area contributed by atoms with E-state index < -0.39 is 29.6 Å². The number of hydrogen-bond acceptors (Lipinski definition) is 4. The number of alkyl carbamates (subject to hydrolysis) is 1. The number of carbonyl (C=O) groups is 2. The van der Waals surface area contributed by atoms with Gasteiger partial charge in [-0.15, -0.1) is 0 Å². The lowest BCUT2D eigenvalue weighted by Gasteiger charge is -2.29. The van der Waals surface area contributed by atoms with E-state index >= 15 is 0 Å². The van der Waals surface area contributed by atoms with Gasteiger partial charge in [0.1, 0.15) is 11.6 Å². The Balaban J connectivity index is 2.48. The molecule has 0 aliphatic heterocycles. The van der Waals surface area contributed by atoms with Gasteiger partial charge in [-0.25, -0.2) is 9.59 Å². The molecule has 6 heteroatoms. The minimum Gasteiger partial charge on any atom is -0.464 e. The largest absolute Gasteiger partial charge is 0.464 e. The third-order valence-corrected chi connectivity index (χ3v) is 4.41. The van der Waals surface area contributed by atoms with Crippen LogP contribution < -0.4 is 5.32 Å². The van der Waals surface area contributed by atoms with Gasteiger partial charge in [0, 0.05) is 10.4 Å². The molecule has 0 aromatic heterocycles. The van der Waals surface area contributed by atoms with E-state index in [-0.39, 0.29) is 6.61 Å². The van der Waals surface area contributed by atoms with Gasteiger partial charge in [0.05, 0.1) is 6.61 Å². The number of carbonyl (C=O) groups excluding carboxylic acids is 2. The molecular formula is C22H26BrNO4. The first-order chi connectivity index (χ1) is 13.2. The Kier molecular flexibility index (Phi) is 7.63. The number of esters is 1. The zero-order valence-electron chi connectivity index (χ0n) is 16.6. The Morgan fingerprint density at radius 2 is 1.68 bits per heavy atom. The third kappa shape index (κ3) is 6.37. The maximum atomic E-state index is 12.8. The van der Waals surface area contributed by atoms with Crippen molar-refractivity contribution in [3.8, 4) is 0 Å². The van der Waals surface area contributed by atoms with Gasteiger partial charge in [-0.3, -0.25) is 0 Å². The fourth-order valence-electron chi connectivity index (χ4n) is 2.88. The van der Waals surface area contributed by atoms with E-state index in [1.54, 1.807) is 27.7 Å². The molecule has 0 bridgehead atoms. The molecule has 2 unspecified atom stereocenters. The fraction of sp³-hybridized carbons (Fsp3) is 0.364. The molecule has 0 saturated carbocycles. The van der Waals surface area contributed by atoms with Crippen LogP contribution in [-0.4, -0.2) is 30.3 Å². The van der Waals surface area contributed by atoms with Gasteiger partial charge in [0.25, 0.3) is 0 Å². The molecule has 2 aromatic rings. The number of hydrogen-bond donors (Lipinski definition) is 1. The van der Waals surface area contributed by atoms with Gasteiger partial charge in [-0.1, -0.05) is 58.4 Å². The van der Waals surface area contributed by atoms with Gasteiger partial charge in [-0.2, -0.15) is 0 Å². The Bertz CT molecular complexity index is 802. The second-order valence-corrected chi connectivity index (χ2v) is 8.23. The van der Waals surface area contributed by atoms with Crippen LogP contribution in [-0.2, 0) is 14.3 Å². The topological polar surface area (TPSA) is 64.6 Å². The zero-order chi connectivity index (χ0) is 20.7. The van der Waals surface area contributed by atoms with E-state index in [0.717, 1.165) is 15.6 Å². The van der Waals surface area contributed by atoms with Crippen molar-refractivity contribution in [2.24, 2.45) is 0 Å². The molecular weight excluding hydrogens is 422 g/mol. The van der Waals surface area contributed by atoms with E-state index in [0.29, 0.717) is 0 Å². The number of benzene rings is 2. The third-order valence-electron chi connectivity index (χ3n) is 3.91. The second kappa shape index (κ2) is 9.73. The van der Waals surface area contributed by atoms with Gasteiger partial charge in [0.15, 0.2) is 0 Å². The lowest BCUT2D eigenvalue weighted by atomic mass is 9.85. The Morgan fingerprint density at radius 3 is 2.25 bits per heavy atom. The second-order valence-electron chi connectivity index (χ2n) is 7.32. The van der Waals surface area contributed by atoms with Gasteiger partial charge < -0.3 is 14.8 Å². The highest BCUT2D eigenvalue weighted by Crippen LogP contribution is 2.31. The first-order valence-corrected chi connectivity index (χ1v) is 9.97. The van der Waals surface area contributed by atoms with Crippen molar-refractivity contribution in [2.75, 3.05) is 6.61 Å². The predicted molar refractivity (Wildman–Crippen MR) is 112 cm³/mol. The number of amides is 1. The van der Waals surface area contributed by atoms with E-state index in [9.17, 15) is 9.59 Å². The quantitative estimate of drug-likeness (QED) is 0.630. The van der Waals surface area contributed by atoms with Crippen LogP contribution in [0.25, 0.3) is 0 Å². The molecule has 150 valence electrons. The highest BCUT2D eigenvalue weighted by atomic mass is 79.9.